The number of guanidine groups is 1. The molecule has 2 N–H and O–H groups in total. The first kappa shape index (κ1) is 15.4. The van der Waals surface area contributed by atoms with Crippen molar-refractivity contribution in [2.45, 2.75) is 33.7 Å². The van der Waals surface area contributed by atoms with Gasteiger partial charge in [-0.2, -0.15) is 4.98 Å². The molecule has 0 saturated carbocycles. The lowest BCUT2D eigenvalue weighted by Crippen LogP contribution is -2.37. The number of aromatic nitrogens is 3. The van der Waals surface area contributed by atoms with Crippen LogP contribution >= 0.6 is 11.3 Å². The summed E-state index contributed by atoms with van der Waals surface area (Å²) in [6, 6.07) is 0. The molecular formula is C13H20N6OS. The Hall–Kier alpha value is -1.96. The first-order valence-electron chi connectivity index (χ1n) is 6.75. The Balaban J connectivity index is 1.77. The normalized spacial score (nSPS) is 11.7. The van der Waals surface area contributed by atoms with E-state index in [0.717, 1.165) is 23.2 Å². The highest BCUT2D eigenvalue weighted by molar-refractivity contribution is 7.11. The highest BCUT2D eigenvalue weighted by atomic mass is 32.1. The molecule has 0 bridgehead atoms. The zero-order valence-electron chi connectivity index (χ0n) is 12.7. The molecule has 114 valence electrons. The molecule has 8 heteroatoms. The zero-order chi connectivity index (χ0) is 15.2. The molecule has 2 rings (SSSR count). The summed E-state index contributed by atoms with van der Waals surface area (Å²) in [7, 11) is 1.75. The third-order valence-electron chi connectivity index (χ3n) is 2.84. The lowest BCUT2D eigenvalue weighted by atomic mass is 10.4. The number of hydrogen-bond acceptors (Lipinski definition) is 6. The van der Waals surface area contributed by atoms with Crippen LogP contribution in [0.25, 0.3) is 0 Å². The molecule has 0 atom stereocenters. The maximum absolute atomic E-state index is 5.06. The fourth-order valence-electron chi connectivity index (χ4n) is 1.85. The van der Waals surface area contributed by atoms with E-state index in [1.54, 1.807) is 25.3 Å². The SMILES string of the molecule is CN=C(NCCc1nc(C)no1)NCc1sc(C)nc1C. The van der Waals surface area contributed by atoms with Crippen LogP contribution in [-0.2, 0) is 13.0 Å². The van der Waals surface area contributed by atoms with Crippen molar-refractivity contribution >= 4 is 17.3 Å². The van der Waals surface area contributed by atoms with Crippen molar-refractivity contribution in [3.05, 3.63) is 27.3 Å². The van der Waals surface area contributed by atoms with Gasteiger partial charge in [0.2, 0.25) is 5.89 Å². The quantitative estimate of drug-likeness (QED) is 0.640. The zero-order valence-corrected chi connectivity index (χ0v) is 13.5. The van der Waals surface area contributed by atoms with Crippen molar-refractivity contribution in [2.75, 3.05) is 13.6 Å². The summed E-state index contributed by atoms with van der Waals surface area (Å²) in [5.74, 6) is 2.03. The molecule has 0 amide bonds. The summed E-state index contributed by atoms with van der Waals surface area (Å²) in [6.45, 7) is 7.24. The number of nitrogens with one attached hydrogen (secondary N) is 2. The molecule has 0 aromatic carbocycles. The molecule has 0 unspecified atom stereocenters. The largest absolute Gasteiger partial charge is 0.356 e. The van der Waals surface area contributed by atoms with Crippen LogP contribution in [0.1, 0.15) is 27.3 Å². The number of rotatable bonds is 5. The monoisotopic (exact) mass is 308 g/mol. The second kappa shape index (κ2) is 7.16. The van der Waals surface area contributed by atoms with Gasteiger partial charge in [0, 0.05) is 24.9 Å². The Kier molecular flexibility index (Phi) is 5.26. The van der Waals surface area contributed by atoms with Gasteiger partial charge in [-0.3, -0.25) is 4.99 Å². The van der Waals surface area contributed by atoms with Gasteiger partial charge in [0.15, 0.2) is 11.8 Å². The Morgan fingerprint density at radius 3 is 2.62 bits per heavy atom. The van der Waals surface area contributed by atoms with Crippen molar-refractivity contribution in [3.8, 4) is 0 Å². The van der Waals surface area contributed by atoms with Crippen LogP contribution in [0.4, 0.5) is 0 Å². The summed E-state index contributed by atoms with van der Waals surface area (Å²) in [6.07, 6.45) is 0.667. The van der Waals surface area contributed by atoms with Gasteiger partial charge in [0.05, 0.1) is 17.2 Å². The van der Waals surface area contributed by atoms with Gasteiger partial charge in [-0.25, -0.2) is 4.98 Å². The van der Waals surface area contributed by atoms with Crippen molar-refractivity contribution < 1.29 is 4.52 Å². The van der Waals surface area contributed by atoms with Gasteiger partial charge in [0.1, 0.15) is 0 Å². The predicted molar refractivity (Wildman–Crippen MR) is 82.5 cm³/mol. The van der Waals surface area contributed by atoms with Crippen LogP contribution in [0.5, 0.6) is 0 Å². The molecule has 0 radical (unpaired) electrons. The van der Waals surface area contributed by atoms with Crippen LogP contribution in [0.2, 0.25) is 0 Å². The Bertz CT molecular complexity index is 618. The first-order chi connectivity index (χ1) is 10.1. The standard InChI is InChI=1S/C13H20N6OS/c1-8-11(21-10(3)17-8)7-16-13(14-4)15-6-5-12-18-9(2)19-20-12/h5-7H2,1-4H3,(H2,14,15,16). The molecule has 0 saturated heterocycles. The molecule has 2 aromatic heterocycles. The average molecular weight is 308 g/mol. The molecular weight excluding hydrogens is 288 g/mol. The molecule has 7 nitrogen and oxygen atoms in total. The average Bonchev–Trinajstić information content (AvgIpc) is 2.99. The van der Waals surface area contributed by atoms with E-state index in [1.807, 2.05) is 13.8 Å². The summed E-state index contributed by atoms with van der Waals surface area (Å²) in [5.41, 5.74) is 1.07. The number of thiazole rings is 1. The van der Waals surface area contributed by atoms with Gasteiger partial charge in [-0.1, -0.05) is 5.16 Å². The number of hydrogen-bond donors (Lipinski definition) is 2. The molecule has 0 aliphatic carbocycles. The van der Waals surface area contributed by atoms with Gasteiger partial charge in [0.25, 0.3) is 0 Å². The van der Waals surface area contributed by atoms with Gasteiger partial charge in [-0.05, 0) is 20.8 Å². The van der Waals surface area contributed by atoms with Crippen LogP contribution in [0.3, 0.4) is 0 Å². The predicted octanol–water partition coefficient (Wildman–Crippen LogP) is 1.36. The Labute approximate surface area is 127 Å². The first-order valence-corrected chi connectivity index (χ1v) is 7.56. The lowest BCUT2D eigenvalue weighted by molar-refractivity contribution is 0.374. The fourth-order valence-corrected chi connectivity index (χ4v) is 2.73. The van der Waals surface area contributed by atoms with Gasteiger partial charge < -0.3 is 15.2 Å². The van der Waals surface area contributed by atoms with E-state index in [1.165, 1.54) is 4.88 Å². The Morgan fingerprint density at radius 2 is 2.05 bits per heavy atom. The van der Waals surface area contributed by atoms with Crippen LogP contribution in [0.15, 0.2) is 9.52 Å². The summed E-state index contributed by atoms with van der Waals surface area (Å²) < 4.78 is 5.06. The summed E-state index contributed by atoms with van der Waals surface area (Å²) in [4.78, 5) is 14.0. The van der Waals surface area contributed by atoms with E-state index in [0.29, 0.717) is 24.7 Å². The molecule has 0 fully saturated rings. The maximum Gasteiger partial charge on any atom is 0.228 e. The van der Waals surface area contributed by atoms with Crippen molar-refractivity contribution in [1.82, 2.24) is 25.8 Å². The topological polar surface area (TPSA) is 88.2 Å². The summed E-state index contributed by atoms with van der Waals surface area (Å²) in [5, 5.41) is 11.3. The van der Waals surface area contributed by atoms with E-state index in [2.05, 4.69) is 30.8 Å². The van der Waals surface area contributed by atoms with Crippen LogP contribution in [-0.4, -0.2) is 34.7 Å². The third kappa shape index (κ3) is 4.52. The molecule has 0 spiro atoms. The van der Waals surface area contributed by atoms with E-state index >= 15 is 0 Å². The van der Waals surface area contributed by atoms with Crippen LogP contribution in [0, 0.1) is 20.8 Å². The van der Waals surface area contributed by atoms with E-state index < -0.39 is 0 Å². The van der Waals surface area contributed by atoms with E-state index in [9.17, 15) is 0 Å². The Morgan fingerprint density at radius 1 is 1.24 bits per heavy atom. The minimum absolute atomic E-state index is 0.629. The number of aliphatic imine (C=N–C) groups is 1. The number of aryl methyl sites for hydroxylation is 3. The van der Waals surface area contributed by atoms with Gasteiger partial charge >= 0.3 is 0 Å². The molecule has 0 aliphatic heterocycles. The maximum atomic E-state index is 5.06. The van der Waals surface area contributed by atoms with Gasteiger partial charge in [-0.15, -0.1) is 11.3 Å². The highest BCUT2D eigenvalue weighted by Crippen LogP contribution is 2.16. The van der Waals surface area contributed by atoms with Crippen molar-refractivity contribution in [2.24, 2.45) is 4.99 Å². The third-order valence-corrected chi connectivity index (χ3v) is 3.91. The van der Waals surface area contributed by atoms with Crippen LogP contribution < -0.4 is 10.6 Å². The smallest absolute Gasteiger partial charge is 0.228 e. The van der Waals surface area contributed by atoms with E-state index in [-0.39, 0.29) is 0 Å². The fraction of sp³-hybridized carbons (Fsp3) is 0.538. The number of nitrogens with zero attached hydrogens (tertiary/aromatic N) is 4. The van der Waals surface area contributed by atoms with Crippen molar-refractivity contribution in [1.29, 1.82) is 0 Å². The second-order valence-corrected chi connectivity index (χ2v) is 5.87. The molecule has 0 aliphatic rings. The second-order valence-electron chi connectivity index (χ2n) is 4.58. The minimum atomic E-state index is 0.629. The van der Waals surface area contributed by atoms with E-state index in [4.69, 9.17) is 4.52 Å². The minimum Gasteiger partial charge on any atom is -0.356 e. The molecule has 2 heterocycles. The lowest BCUT2D eigenvalue weighted by Gasteiger charge is -2.10. The molecule has 21 heavy (non-hydrogen) atoms. The highest BCUT2D eigenvalue weighted by Gasteiger charge is 2.06. The van der Waals surface area contributed by atoms with Crippen molar-refractivity contribution in [3.63, 3.8) is 0 Å². The molecule has 2 aromatic rings. The summed E-state index contributed by atoms with van der Waals surface area (Å²) >= 11 is 1.70.